The average molecular weight is 580 g/mol. The van der Waals surface area contributed by atoms with Crippen molar-refractivity contribution in [2.24, 2.45) is 17.8 Å². The number of rotatable bonds is 15. The lowest BCUT2D eigenvalue weighted by Crippen LogP contribution is -2.60. The lowest BCUT2D eigenvalue weighted by atomic mass is 9.70. The fourth-order valence-corrected chi connectivity index (χ4v) is 7.63. The summed E-state index contributed by atoms with van der Waals surface area (Å²) in [7, 11) is 0. The zero-order valence-electron chi connectivity index (χ0n) is 25.8. The molecule has 3 heterocycles. The first kappa shape index (κ1) is 32.0. The van der Waals surface area contributed by atoms with E-state index in [1.54, 1.807) is 26.9 Å². The Bertz CT molecular complexity index is 1140. The molecule has 1 spiro atoms. The van der Waals surface area contributed by atoms with E-state index in [2.05, 4.69) is 20.1 Å². The Morgan fingerprint density at radius 2 is 1.83 bits per heavy atom. The number of aliphatic hydroxyl groups is 1. The van der Waals surface area contributed by atoms with Gasteiger partial charge in [0.1, 0.15) is 11.6 Å². The molecule has 3 amide bonds. The largest absolute Gasteiger partial charge is 0.394 e. The van der Waals surface area contributed by atoms with Gasteiger partial charge in [-0.2, -0.15) is 0 Å². The Morgan fingerprint density at radius 1 is 1.14 bits per heavy atom. The Kier molecular flexibility index (Phi) is 10.3. The van der Waals surface area contributed by atoms with Crippen molar-refractivity contribution in [1.82, 2.24) is 14.7 Å². The molecule has 42 heavy (non-hydrogen) atoms. The maximum atomic E-state index is 14.6. The fourth-order valence-electron chi connectivity index (χ4n) is 7.63. The standard InChI is InChI=1S/C34H49N3O5/c1-7-13-24(6)36(19-9-3)33(41)30-34-17-16-27(42-34)28(29(34)32(40)37(30)26(22-38)20-23(4)5)31(39)35(18-8-2)21-25-14-11-10-12-15-25/h8-12,14-15,23-24,26-30,38H,2-3,7,13,16-22H2,1,4-6H3/t24?,26-,27-,28+,29+,30?,34?/m1/s1. The normalized spacial score (nSPS) is 27.6. The minimum Gasteiger partial charge on any atom is -0.394 e. The molecule has 0 saturated carbocycles. The molecule has 7 atom stereocenters. The molecule has 8 nitrogen and oxygen atoms in total. The Balaban J connectivity index is 1.76. The van der Waals surface area contributed by atoms with Crippen molar-refractivity contribution in [1.29, 1.82) is 0 Å². The minimum atomic E-state index is -1.11. The molecule has 2 bridgehead atoms. The molecule has 1 aromatic rings. The zero-order chi connectivity index (χ0) is 30.6. The van der Waals surface area contributed by atoms with E-state index in [4.69, 9.17) is 4.74 Å². The first-order chi connectivity index (χ1) is 20.1. The monoisotopic (exact) mass is 579 g/mol. The van der Waals surface area contributed by atoms with Gasteiger partial charge in [0.25, 0.3) is 0 Å². The van der Waals surface area contributed by atoms with Gasteiger partial charge in [0.2, 0.25) is 17.7 Å². The van der Waals surface area contributed by atoms with Crippen LogP contribution in [0.3, 0.4) is 0 Å². The van der Waals surface area contributed by atoms with Crippen LogP contribution in [0.2, 0.25) is 0 Å². The molecule has 0 aliphatic carbocycles. The van der Waals surface area contributed by atoms with E-state index >= 15 is 0 Å². The van der Waals surface area contributed by atoms with Crippen LogP contribution in [0.25, 0.3) is 0 Å². The number of benzene rings is 1. The van der Waals surface area contributed by atoms with E-state index in [-0.39, 0.29) is 36.3 Å². The SMILES string of the molecule is C=CCN(Cc1ccccc1)C(=O)[C@@H]1[C@H]2C(=O)N([C@@H](CO)CC(C)C)C(C(=O)N(CC=C)C(C)CCC)C23CC[C@H]1O3. The third-order valence-corrected chi connectivity index (χ3v) is 9.33. The maximum Gasteiger partial charge on any atom is 0.248 e. The summed E-state index contributed by atoms with van der Waals surface area (Å²) in [4.78, 5) is 48.6. The molecule has 230 valence electrons. The van der Waals surface area contributed by atoms with Gasteiger partial charge in [-0.05, 0) is 44.1 Å². The van der Waals surface area contributed by atoms with Crippen LogP contribution in [-0.2, 0) is 25.7 Å². The summed E-state index contributed by atoms with van der Waals surface area (Å²) >= 11 is 0. The molecule has 3 saturated heterocycles. The number of aliphatic hydroxyl groups excluding tert-OH is 1. The van der Waals surface area contributed by atoms with Gasteiger partial charge in [-0.3, -0.25) is 14.4 Å². The molecule has 8 heteroatoms. The second kappa shape index (κ2) is 13.6. The number of ether oxygens (including phenoxy) is 1. The second-order valence-corrected chi connectivity index (χ2v) is 12.7. The molecule has 4 rings (SSSR count). The summed E-state index contributed by atoms with van der Waals surface area (Å²) in [5.41, 5.74) is -0.122. The van der Waals surface area contributed by atoms with Gasteiger partial charge in [0.15, 0.2) is 0 Å². The number of nitrogens with zero attached hydrogens (tertiary/aromatic N) is 3. The van der Waals surface area contributed by atoms with Gasteiger partial charge >= 0.3 is 0 Å². The highest BCUT2D eigenvalue weighted by atomic mass is 16.5. The molecule has 3 unspecified atom stereocenters. The molecule has 3 aliphatic rings. The number of amides is 3. The highest BCUT2D eigenvalue weighted by molar-refractivity contribution is 5.99. The summed E-state index contributed by atoms with van der Waals surface area (Å²) in [5, 5.41) is 10.6. The van der Waals surface area contributed by atoms with Crippen LogP contribution >= 0.6 is 0 Å². The Hall–Kier alpha value is -2.97. The number of hydrogen-bond donors (Lipinski definition) is 1. The van der Waals surface area contributed by atoms with Gasteiger partial charge in [0.05, 0.1) is 30.6 Å². The van der Waals surface area contributed by atoms with Crippen molar-refractivity contribution < 1.29 is 24.2 Å². The summed E-state index contributed by atoms with van der Waals surface area (Å²) in [6.45, 7) is 16.8. The first-order valence-corrected chi connectivity index (χ1v) is 15.6. The van der Waals surface area contributed by atoms with Crippen LogP contribution in [-0.4, -0.2) is 87.1 Å². The topological polar surface area (TPSA) is 90.4 Å². The summed E-state index contributed by atoms with van der Waals surface area (Å²) in [6.07, 6.45) is 6.36. The Morgan fingerprint density at radius 3 is 2.43 bits per heavy atom. The first-order valence-electron chi connectivity index (χ1n) is 15.6. The highest BCUT2D eigenvalue weighted by Gasteiger charge is 2.75. The maximum absolute atomic E-state index is 14.6. The third kappa shape index (κ3) is 5.80. The summed E-state index contributed by atoms with van der Waals surface area (Å²) < 4.78 is 6.71. The zero-order valence-corrected chi connectivity index (χ0v) is 25.8. The number of hydrogen-bond acceptors (Lipinski definition) is 5. The van der Waals surface area contributed by atoms with Crippen LogP contribution in [0.1, 0.15) is 65.4 Å². The van der Waals surface area contributed by atoms with E-state index in [0.717, 1.165) is 18.4 Å². The number of likely N-dealkylation sites (tertiary alicyclic amines) is 1. The van der Waals surface area contributed by atoms with Gasteiger partial charge in [-0.15, -0.1) is 13.2 Å². The number of carbonyl (C=O) groups is 3. The molecule has 0 radical (unpaired) electrons. The van der Waals surface area contributed by atoms with Crippen molar-refractivity contribution >= 4 is 17.7 Å². The lowest BCUT2D eigenvalue weighted by Gasteiger charge is -2.41. The smallest absolute Gasteiger partial charge is 0.248 e. The summed E-state index contributed by atoms with van der Waals surface area (Å²) in [5.74, 6) is -1.88. The molecular formula is C34H49N3O5. The van der Waals surface area contributed by atoms with Crippen LogP contribution in [0.5, 0.6) is 0 Å². The molecule has 3 aliphatic heterocycles. The van der Waals surface area contributed by atoms with Crippen LogP contribution in [0.4, 0.5) is 0 Å². The quantitative estimate of drug-likeness (QED) is 0.315. The van der Waals surface area contributed by atoms with Crippen molar-refractivity contribution in [3.63, 3.8) is 0 Å². The van der Waals surface area contributed by atoms with Gasteiger partial charge in [-0.25, -0.2) is 0 Å². The molecular weight excluding hydrogens is 530 g/mol. The Labute approximate surface area is 251 Å². The van der Waals surface area contributed by atoms with Crippen LogP contribution < -0.4 is 0 Å². The average Bonchev–Trinajstić information content (AvgIpc) is 3.61. The molecule has 0 aromatic heterocycles. The van der Waals surface area contributed by atoms with Crippen molar-refractivity contribution in [3.8, 4) is 0 Å². The van der Waals surface area contributed by atoms with Gasteiger partial charge in [0, 0.05) is 25.7 Å². The van der Waals surface area contributed by atoms with E-state index in [9.17, 15) is 19.5 Å². The second-order valence-electron chi connectivity index (χ2n) is 12.7. The minimum absolute atomic E-state index is 0.0597. The number of fused-ring (bicyclic) bond motifs is 1. The molecule has 1 N–H and O–H groups in total. The number of carbonyl (C=O) groups excluding carboxylic acids is 3. The van der Waals surface area contributed by atoms with Crippen molar-refractivity contribution in [3.05, 3.63) is 61.2 Å². The van der Waals surface area contributed by atoms with E-state index in [0.29, 0.717) is 38.9 Å². The molecule has 3 fully saturated rings. The van der Waals surface area contributed by atoms with E-state index in [1.807, 2.05) is 51.1 Å². The fraction of sp³-hybridized carbons (Fsp3) is 0.618. The predicted molar refractivity (Wildman–Crippen MR) is 163 cm³/mol. The van der Waals surface area contributed by atoms with Crippen molar-refractivity contribution in [2.45, 2.75) is 96.2 Å². The summed E-state index contributed by atoms with van der Waals surface area (Å²) in [6, 6.07) is 8.25. The van der Waals surface area contributed by atoms with Gasteiger partial charge < -0.3 is 24.5 Å². The van der Waals surface area contributed by atoms with E-state index < -0.39 is 35.6 Å². The van der Waals surface area contributed by atoms with Crippen LogP contribution in [0.15, 0.2) is 55.6 Å². The molecule has 1 aromatic carbocycles. The predicted octanol–water partition coefficient (Wildman–Crippen LogP) is 4.19. The van der Waals surface area contributed by atoms with Crippen molar-refractivity contribution in [2.75, 3.05) is 19.7 Å². The third-order valence-electron chi connectivity index (χ3n) is 9.33. The lowest BCUT2D eigenvalue weighted by molar-refractivity contribution is -0.153. The van der Waals surface area contributed by atoms with Crippen LogP contribution in [0, 0.1) is 17.8 Å². The van der Waals surface area contributed by atoms with Gasteiger partial charge in [-0.1, -0.05) is 69.7 Å². The highest BCUT2D eigenvalue weighted by Crippen LogP contribution is 2.59. The van der Waals surface area contributed by atoms with E-state index in [1.165, 1.54) is 0 Å².